The van der Waals surface area contributed by atoms with E-state index in [-0.39, 0.29) is 5.69 Å². The minimum atomic E-state index is -4.40. The lowest BCUT2D eigenvalue weighted by molar-refractivity contribution is -0.145. The van der Waals surface area contributed by atoms with E-state index in [1.54, 1.807) is 30.7 Å². The molecule has 21 heavy (non-hydrogen) atoms. The molecule has 1 heterocycles. The van der Waals surface area contributed by atoms with E-state index in [0.717, 1.165) is 4.90 Å². The first-order valence-corrected chi connectivity index (χ1v) is 7.76. The molecule has 0 aliphatic carbocycles. The van der Waals surface area contributed by atoms with Gasteiger partial charge in [0, 0.05) is 23.3 Å². The second kappa shape index (κ2) is 7.33. The molecule has 1 amide bonds. The van der Waals surface area contributed by atoms with Crippen LogP contribution in [0.3, 0.4) is 0 Å². The number of aryl methyl sites for hydroxylation is 1. The van der Waals surface area contributed by atoms with Gasteiger partial charge in [-0.25, -0.2) is 0 Å². The molecular weight excluding hydrogens is 349 g/mol. The minimum absolute atomic E-state index is 0.278. The third-order valence-corrected chi connectivity index (χ3v) is 3.85. The number of halogens is 4. The van der Waals surface area contributed by atoms with Gasteiger partial charge >= 0.3 is 6.18 Å². The number of aromatic nitrogens is 1. The largest absolute Gasteiger partial charge is 0.406 e. The maximum absolute atomic E-state index is 12.8. The van der Waals surface area contributed by atoms with Crippen LogP contribution in [0.4, 0.5) is 13.2 Å². The molecule has 0 atom stereocenters. The normalized spacial score (nSPS) is 12.0. The van der Waals surface area contributed by atoms with Crippen molar-refractivity contribution < 1.29 is 18.0 Å². The topological polar surface area (TPSA) is 25.2 Å². The Morgan fingerprint density at radius 1 is 1.33 bits per heavy atom. The van der Waals surface area contributed by atoms with E-state index in [2.05, 4.69) is 15.9 Å². The van der Waals surface area contributed by atoms with Gasteiger partial charge < -0.3 is 9.47 Å². The third-order valence-electron chi connectivity index (χ3n) is 3.42. The third kappa shape index (κ3) is 4.76. The molecule has 0 spiro atoms. The van der Waals surface area contributed by atoms with Crippen LogP contribution in [0.15, 0.2) is 16.7 Å². The smallest absolute Gasteiger partial charge is 0.343 e. The van der Waals surface area contributed by atoms with Crippen molar-refractivity contribution in [2.75, 3.05) is 6.54 Å². The van der Waals surface area contributed by atoms with Gasteiger partial charge in [-0.15, -0.1) is 0 Å². The fourth-order valence-corrected chi connectivity index (χ4v) is 2.82. The molecular formula is C14H20BrF3N2O. The molecule has 0 bridgehead atoms. The predicted molar refractivity (Wildman–Crippen MR) is 79.3 cm³/mol. The molecule has 0 fully saturated rings. The molecule has 1 aromatic rings. The number of hydrogen-bond acceptors (Lipinski definition) is 1. The van der Waals surface area contributed by atoms with Gasteiger partial charge in [0.05, 0.1) is 0 Å². The SMILES string of the molecule is CCC(CC)N(CC(F)(F)F)C(=O)c1cc(Br)cn1CC. The summed E-state index contributed by atoms with van der Waals surface area (Å²) < 4.78 is 40.7. The maximum Gasteiger partial charge on any atom is 0.406 e. The van der Waals surface area contributed by atoms with Crippen LogP contribution in [0, 0.1) is 0 Å². The molecule has 0 unspecified atom stereocenters. The zero-order chi connectivity index (χ0) is 16.2. The molecule has 0 saturated carbocycles. The van der Waals surface area contributed by atoms with Gasteiger partial charge in [0.25, 0.3) is 5.91 Å². The zero-order valence-electron chi connectivity index (χ0n) is 12.4. The fourth-order valence-electron chi connectivity index (χ4n) is 2.35. The summed E-state index contributed by atoms with van der Waals surface area (Å²) in [7, 11) is 0. The van der Waals surface area contributed by atoms with Gasteiger partial charge in [-0.3, -0.25) is 4.79 Å². The maximum atomic E-state index is 12.8. The molecule has 0 aliphatic rings. The van der Waals surface area contributed by atoms with Crippen LogP contribution in [0.25, 0.3) is 0 Å². The van der Waals surface area contributed by atoms with Gasteiger partial charge in [0.15, 0.2) is 0 Å². The molecule has 120 valence electrons. The summed E-state index contributed by atoms with van der Waals surface area (Å²) in [6, 6.07) is 1.15. The summed E-state index contributed by atoms with van der Waals surface area (Å²) in [6.45, 7) is 4.73. The van der Waals surface area contributed by atoms with Crippen LogP contribution < -0.4 is 0 Å². The van der Waals surface area contributed by atoms with Gasteiger partial charge in [0.1, 0.15) is 12.2 Å². The quantitative estimate of drug-likeness (QED) is 0.727. The van der Waals surface area contributed by atoms with Gasteiger partial charge in [-0.1, -0.05) is 13.8 Å². The van der Waals surface area contributed by atoms with E-state index < -0.39 is 24.7 Å². The second-order valence-corrected chi connectivity index (χ2v) is 5.76. The van der Waals surface area contributed by atoms with Gasteiger partial charge in [-0.05, 0) is 41.8 Å². The van der Waals surface area contributed by atoms with Crippen LogP contribution in [0.2, 0.25) is 0 Å². The van der Waals surface area contributed by atoms with Crippen molar-refractivity contribution in [1.29, 1.82) is 0 Å². The van der Waals surface area contributed by atoms with E-state index in [1.807, 2.05) is 6.92 Å². The van der Waals surface area contributed by atoms with Crippen LogP contribution >= 0.6 is 15.9 Å². The molecule has 0 N–H and O–H groups in total. The highest BCUT2D eigenvalue weighted by atomic mass is 79.9. The molecule has 7 heteroatoms. The predicted octanol–water partition coefficient (Wildman–Crippen LogP) is 4.46. The summed E-state index contributed by atoms with van der Waals surface area (Å²) in [4.78, 5) is 13.5. The van der Waals surface area contributed by atoms with Crippen LogP contribution in [0.5, 0.6) is 0 Å². The van der Waals surface area contributed by atoms with Crippen molar-refractivity contribution in [3.63, 3.8) is 0 Å². The van der Waals surface area contributed by atoms with Crippen molar-refractivity contribution in [2.45, 2.75) is 52.4 Å². The van der Waals surface area contributed by atoms with Gasteiger partial charge in [-0.2, -0.15) is 13.2 Å². The van der Waals surface area contributed by atoms with Crippen molar-refractivity contribution in [3.05, 3.63) is 22.4 Å². The lowest BCUT2D eigenvalue weighted by Crippen LogP contribution is -2.45. The Labute approximate surface area is 131 Å². The van der Waals surface area contributed by atoms with E-state index in [0.29, 0.717) is 23.9 Å². The Kier molecular flexibility index (Phi) is 6.31. The van der Waals surface area contributed by atoms with Crippen LogP contribution in [-0.2, 0) is 6.54 Å². The monoisotopic (exact) mass is 368 g/mol. The average molecular weight is 369 g/mol. The Hall–Kier alpha value is -0.980. The highest BCUT2D eigenvalue weighted by Gasteiger charge is 2.36. The highest BCUT2D eigenvalue weighted by Crippen LogP contribution is 2.24. The highest BCUT2D eigenvalue weighted by molar-refractivity contribution is 9.10. The van der Waals surface area contributed by atoms with E-state index in [4.69, 9.17) is 0 Å². The Morgan fingerprint density at radius 2 is 1.90 bits per heavy atom. The number of carbonyl (C=O) groups is 1. The van der Waals surface area contributed by atoms with Gasteiger partial charge in [0.2, 0.25) is 0 Å². The number of nitrogens with zero attached hydrogens (tertiary/aromatic N) is 2. The standard InChI is InChI=1S/C14H20BrF3N2O/c1-4-11(5-2)20(9-14(16,17)18)13(21)12-7-10(15)8-19(12)6-3/h7-8,11H,4-6,9H2,1-3H3. The number of rotatable bonds is 6. The summed E-state index contributed by atoms with van der Waals surface area (Å²) in [5, 5.41) is 0. The Bertz CT molecular complexity index is 481. The second-order valence-electron chi connectivity index (χ2n) is 4.85. The molecule has 0 radical (unpaired) electrons. The fraction of sp³-hybridized carbons (Fsp3) is 0.643. The van der Waals surface area contributed by atoms with E-state index in [1.165, 1.54) is 0 Å². The van der Waals surface area contributed by atoms with Crippen molar-refractivity contribution in [3.8, 4) is 0 Å². The average Bonchev–Trinajstić information content (AvgIpc) is 2.78. The summed E-state index contributed by atoms with van der Waals surface area (Å²) in [6.07, 6.45) is -1.72. The molecule has 0 saturated heterocycles. The Morgan fingerprint density at radius 3 is 2.33 bits per heavy atom. The summed E-state index contributed by atoms with van der Waals surface area (Å²) >= 11 is 3.26. The van der Waals surface area contributed by atoms with Crippen molar-refractivity contribution in [2.24, 2.45) is 0 Å². The first-order chi connectivity index (χ1) is 9.73. The first kappa shape index (κ1) is 18.1. The summed E-state index contributed by atoms with van der Waals surface area (Å²) in [5.74, 6) is -0.575. The van der Waals surface area contributed by atoms with E-state index in [9.17, 15) is 18.0 Å². The number of hydrogen-bond donors (Lipinski definition) is 0. The van der Waals surface area contributed by atoms with E-state index >= 15 is 0 Å². The van der Waals surface area contributed by atoms with Crippen LogP contribution in [0.1, 0.15) is 44.1 Å². The molecule has 0 aliphatic heterocycles. The molecule has 0 aromatic carbocycles. The number of alkyl halides is 3. The first-order valence-electron chi connectivity index (χ1n) is 6.96. The molecule has 3 nitrogen and oxygen atoms in total. The Balaban J connectivity index is 3.14. The van der Waals surface area contributed by atoms with Crippen molar-refractivity contribution >= 4 is 21.8 Å². The minimum Gasteiger partial charge on any atom is -0.343 e. The summed E-state index contributed by atoms with van der Waals surface area (Å²) in [5.41, 5.74) is 0.278. The van der Waals surface area contributed by atoms with Crippen LogP contribution in [-0.4, -0.2) is 34.1 Å². The molecule has 1 aromatic heterocycles. The van der Waals surface area contributed by atoms with Crippen molar-refractivity contribution in [1.82, 2.24) is 9.47 Å². The number of carbonyl (C=O) groups excluding carboxylic acids is 1. The lowest BCUT2D eigenvalue weighted by Gasteiger charge is -2.31. The number of amides is 1. The zero-order valence-corrected chi connectivity index (χ0v) is 14.0. The molecule has 1 rings (SSSR count). The lowest BCUT2D eigenvalue weighted by atomic mass is 10.1.